The van der Waals surface area contributed by atoms with Gasteiger partial charge in [0.15, 0.2) is 5.13 Å². The fraction of sp³-hybridized carbons (Fsp3) is 0.733. The number of nitrogens with one attached hydrogen (secondary N) is 1. The SMILES string of the molecule is CN1CCCC(CNc2nc3c(s2)CCCC3C(=O)O)C1. The topological polar surface area (TPSA) is 65.5 Å². The lowest BCUT2D eigenvalue weighted by molar-refractivity contribution is -0.139. The number of hydrogen-bond donors (Lipinski definition) is 2. The Morgan fingerprint density at radius 2 is 2.33 bits per heavy atom. The van der Waals surface area contributed by atoms with Crippen molar-refractivity contribution in [2.75, 3.05) is 32.0 Å². The van der Waals surface area contributed by atoms with Gasteiger partial charge in [-0.1, -0.05) is 0 Å². The van der Waals surface area contributed by atoms with Crippen molar-refractivity contribution in [1.82, 2.24) is 9.88 Å². The second kappa shape index (κ2) is 6.32. The molecule has 21 heavy (non-hydrogen) atoms. The molecule has 1 aromatic heterocycles. The first-order chi connectivity index (χ1) is 10.1. The number of aromatic nitrogens is 1. The van der Waals surface area contributed by atoms with Crippen molar-refractivity contribution >= 4 is 22.4 Å². The fourth-order valence-corrected chi connectivity index (χ4v) is 4.48. The van der Waals surface area contributed by atoms with Crippen LogP contribution in [0.15, 0.2) is 0 Å². The third kappa shape index (κ3) is 3.37. The quantitative estimate of drug-likeness (QED) is 0.894. The summed E-state index contributed by atoms with van der Waals surface area (Å²) in [5.74, 6) is -0.469. The second-order valence-electron chi connectivity index (χ2n) is 6.26. The molecule has 1 fully saturated rings. The largest absolute Gasteiger partial charge is 0.481 e. The van der Waals surface area contributed by atoms with Crippen LogP contribution < -0.4 is 5.32 Å². The van der Waals surface area contributed by atoms with Gasteiger partial charge in [-0.25, -0.2) is 4.98 Å². The number of carboxylic acid groups (broad SMARTS) is 1. The zero-order valence-electron chi connectivity index (χ0n) is 12.5. The van der Waals surface area contributed by atoms with E-state index >= 15 is 0 Å². The van der Waals surface area contributed by atoms with E-state index in [9.17, 15) is 9.90 Å². The molecule has 6 heteroatoms. The summed E-state index contributed by atoms with van der Waals surface area (Å²) in [7, 11) is 2.17. The zero-order valence-corrected chi connectivity index (χ0v) is 13.3. The number of aryl methyl sites for hydroxylation is 1. The first kappa shape index (κ1) is 14.8. The van der Waals surface area contributed by atoms with Crippen LogP contribution in [0.1, 0.15) is 42.2 Å². The van der Waals surface area contributed by atoms with Gasteiger partial charge in [-0.15, -0.1) is 11.3 Å². The van der Waals surface area contributed by atoms with Crippen molar-refractivity contribution in [3.63, 3.8) is 0 Å². The Kier molecular flexibility index (Phi) is 4.45. The van der Waals surface area contributed by atoms with E-state index in [2.05, 4.69) is 22.2 Å². The van der Waals surface area contributed by atoms with Crippen LogP contribution in [0.2, 0.25) is 0 Å². The fourth-order valence-electron chi connectivity index (χ4n) is 3.41. The molecule has 0 bridgehead atoms. The number of anilines is 1. The maximum Gasteiger partial charge on any atom is 0.312 e. The van der Waals surface area contributed by atoms with Crippen LogP contribution in [0, 0.1) is 5.92 Å². The van der Waals surface area contributed by atoms with Gasteiger partial charge < -0.3 is 15.3 Å². The average molecular weight is 309 g/mol. The molecule has 1 saturated heterocycles. The van der Waals surface area contributed by atoms with Gasteiger partial charge in [0, 0.05) is 18.0 Å². The number of aliphatic carboxylic acids is 1. The Labute approximate surface area is 129 Å². The van der Waals surface area contributed by atoms with Gasteiger partial charge in [-0.3, -0.25) is 4.79 Å². The van der Waals surface area contributed by atoms with E-state index in [4.69, 9.17) is 0 Å². The molecule has 0 saturated carbocycles. The summed E-state index contributed by atoms with van der Waals surface area (Å²) in [6.45, 7) is 3.27. The van der Waals surface area contributed by atoms with Crippen LogP contribution in [0.5, 0.6) is 0 Å². The monoisotopic (exact) mass is 309 g/mol. The summed E-state index contributed by atoms with van der Waals surface area (Å²) in [4.78, 5) is 19.4. The number of piperidine rings is 1. The van der Waals surface area contributed by atoms with Gasteiger partial charge in [-0.05, 0) is 51.6 Å². The van der Waals surface area contributed by atoms with Crippen molar-refractivity contribution in [2.24, 2.45) is 5.92 Å². The number of nitrogens with zero attached hydrogens (tertiary/aromatic N) is 2. The number of likely N-dealkylation sites (tertiary alicyclic amines) is 1. The van der Waals surface area contributed by atoms with Crippen molar-refractivity contribution in [1.29, 1.82) is 0 Å². The molecular weight excluding hydrogens is 286 g/mol. The van der Waals surface area contributed by atoms with Gasteiger partial charge >= 0.3 is 5.97 Å². The molecule has 0 aromatic carbocycles. The van der Waals surface area contributed by atoms with Gasteiger partial charge in [-0.2, -0.15) is 0 Å². The second-order valence-corrected chi connectivity index (χ2v) is 7.35. The minimum atomic E-state index is -0.735. The Balaban J connectivity index is 1.63. The summed E-state index contributed by atoms with van der Waals surface area (Å²) < 4.78 is 0. The number of carboxylic acids is 1. The third-order valence-corrected chi connectivity index (χ3v) is 5.61. The molecule has 116 valence electrons. The highest BCUT2D eigenvalue weighted by Gasteiger charge is 2.30. The Bertz CT molecular complexity index is 517. The van der Waals surface area contributed by atoms with E-state index in [1.165, 1.54) is 19.4 Å². The first-order valence-corrected chi connectivity index (χ1v) is 8.60. The lowest BCUT2D eigenvalue weighted by Gasteiger charge is -2.29. The summed E-state index contributed by atoms with van der Waals surface area (Å²) in [5, 5.41) is 13.6. The van der Waals surface area contributed by atoms with Crippen molar-refractivity contribution in [3.05, 3.63) is 10.6 Å². The average Bonchev–Trinajstić information content (AvgIpc) is 2.87. The highest BCUT2D eigenvalue weighted by atomic mass is 32.1. The number of thiazole rings is 1. The minimum Gasteiger partial charge on any atom is -0.481 e. The zero-order chi connectivity index (χ0) is 14.8. The molecule has 2 unspecified atom stereocenters. The predicted molar refractivity (Wildman–Crippen MR) is 84.1 cm³/mol. The molecule has 1 aliphatic heterocycles. The number of fused-ring (bicyclic) bond motifs is 1. The van der Waals surface area contributed by atoms with E-state index in [1.807, 2.05) is 0 Å². The maximum atomic E-state index is 11.3. The summed E-state index contributed by atoms with van der Waals surface area (Å²) in [6.07, 6.45) is 5.18. The minimum absolute atomic E-state index is 0.402. The van der Waals surface area contributed by atoms with E-state index in [0.717, 1.165) is 48.1 Å². The first-order valence-electron chi connectivity index (χ1n) is 7.78. The lowest BCUT2D eigenvalue weighted by atomic mass is 9.91. The van der Waals surface area contributed by atoms with Crippen LogP contribution in [0.3, 0.4) is 0 Å². The van der Waals surface area contributed by atoms with Gasteiger partial charge in [0.2, 0.25) is 0 Å². The highest BCUT2D eigenvalue weighted by Crippen LogP contribution is 2.36. The maximum absolute atomic E-state index is 11.3. The van der Waals surface area contributed by atoms with E-state index in [1.54, 1.807) is 11.3 Å². The van der Waals surface area contributed by atoms with E-state index in [0.29, 0.717) is 5.92 Å². The highest BCUT2D eigenvalue weighted by molar-refractivity contribution is 7.15. The number of carbonyl (C=O) groups is 1. The molecule has 2 aliphatic rings. The van der Waals surface area contributed by atoms with Gasteiger partial charge in [0.25, 0.3) is 0 Å². The van der Waals surface area contributed by atoms with Crippen LogP contribution >= 0.6 is 11.3 Å². The Morgan fingerprint density at radius 3 is 3.10 bits per heavy atom. The van der Waals surface area contributed by atoms with Crippen molar-refractivity contribution in [3.8, 4) is 0 Å². The van der Waals surface area contributed by atoms with E-state index in [-0.39, 0.29) is 0 Å². The van der Waals surface area contributed by atoms with Gasteiger partial charge in [0.1, 0.15) is 5.92 Å². The summed E-state index contributed by atoms with van der Waals surface area (Å²) in [5.41, 5.74) is 0.807. The van der Waals surface area contributed by atoms with Crippen LogP contribution in [0.25, 0.3) is 0 Å². The summed E-state index contributed by atoms with van der Waals surface area (Å²) in [6, 6.07) is 0. The number of hydrogen-bond acceptors (Lipinski definition) is 5. The molecule has 2 heterocycles. The molecule has 1 aliphatic carbocycles. The van der Waals surface area contributed by atoms with Crippen molar-refractivity contribution in [2.45, 2.75) is 38.0 Å². The molecular formula is C15H23N3O2S. The van der Waals surface area contributed by atoms with Crippen LogP contribution in [-0.4, -0.2) is 47.6 Å². The van der Waals surface area contributed by atoms with Crippen LogP contribution in [0.4, 0.5) is 5.13 Å². The normalized spacial score (nSPS) is 26.3. The molecule has 3 rings (SSSR count). The molecule has 1 aromatic rings. The van der Waals surface area contributed by atoms with Gasteiger partial charge in [0.05, 0.1) is 5.69 Å². The number of rotatable bonds is 4. The summed E-state index contributed by atoms with van der Waals surface area (Å²) >= 11 is 1.65. The molecule has 0 amide bonds. The standard InChI is InChI=1S/C15H23N3O2S/c1-18-7-3-4-10(9-18)8-16-15-17-13-11(14(19)20)5-2-6-12(13)21-15/h10-11H,2-9H2,1H3,(H,16,17)(H,19,20). The Morgan fingerprint density at radius 1 is 1.48 bits per heavy atom. The van der Waals surface area contributed by atoms with E-state index < -0.39 is 11.9 Å². The molecule has 5 nitrogen and oxygen atoms in total. The van der Waals surface area contributed by atoms with Crippen LogP contribution in [-0.2, 0) is 11.2 Å². The third-order valence-electron chi connectivity index (χ3n) is 4.52. The lowest BCUT2D eigenvalue weighted by Crippen LogP contribution is -2.35. The Hall–Kier alpha value is -1.14. The smallest absolute Gasteiger partial charge is 0.312 e. The molecule has 2 N–H and O–H groups in total. The molecule has 2 atom stereocenters. The molecule has 0 spiro atoms. The molecule has 0 radical (unpaired) electrons. The predicted octanol–water partition coefficient (Wildman–Crippen LogP) is 2.40. The van der Waals surface area contributed by atoms with Crippen molar-refractivity contribution < 1.29 is 9.90 Å².